The smallest absolute Gasteiger partial charge is 0.254 e. The van der Waals surface area contributed by atoms with Gasteiger partial charge in [-0.3, -0.25) is 9.59 Å². The number of carbonyl (C=O) groups is 2. The third kappa shape index (κ3) is 5.13. The Labute approximate surface area is 210 Å². The number of rotatable bonds is 10. The second-order valence-electron chi connectivity index (χ2n) is 8.59. The molecule has 10 nitrogen and oxygen atoms in total. The third-order valence-electron chi connectivity index (χ3n) is 6.50. The molecule has 0 aliphatic carbocycles. The first-order valence-electron chi connectivity index (χ1n) is 11.8. The molecule has 2 amide bonds. The van der Waals surface area contributed by atoms with E-state index in [-0.39, 0.29) is 31.1 Å². The summed E-state index contributed by atoms with van der Waals surface area (Å²) in [6, 6.07) is 8.79. The molecular weight excluding hydrogens is 468 g/mol. The molecule has 2 aromatic rings. The highest BCUT2D eigenvalue weighted by Gasteiger charge is 2.41. The van der Waals surface area contributed by atoms with Crippen molar-refractivity contribution >= 4 is 11.8 Å². The molecule has 1 N–H and O–H groups in total. The molecule has 0 spiro atoms. The number of nitrogens with one attached hydrogen (secondary N) is 1. The van der Waals surface area contributed by atoms with Crippen LogP contribution in [0, 0.1) is 5.92 Å². The maximum absolute atomic E-state index is 13.4. The highest BCUT2D eigenvalue weighted by atomic mass is 16.7. The number of hydrogen-bond donors (Lipinski definition) is 1. The number of ether oxygens (including phenoxy) is 6. The Balaban J connectivity index is 1.62. The normalized spacial score (nSPS) is 18.2. The Morgan fingerprint density at radius 3 is 2.36 bits per heavy atom. The Morgan fingerprint density at radius 1 is 0.972 bits per heavy atom. The van der Waals surface area contributed by atoms with Gasteiger partial charge in [-0.05, 0) is 42.3 Å². The molecule has 2 unspecified atom stereocenters. The first kappa shape index (κ1) is 25.4. The van der Waals surface area contributed by atoms with Gasteiger partial charge >= 0.3 is 0 Å². The molecule has 2 aromatic carbocycles. The van der Waals surface area contributed by atoms with E-state index >= 15 is 0 Å². The van der Waals surface area contributed by atoms with Crippen LogP contribution in [-0.4, -0.2) is 78.2 Å². The van der Waals surface area contributed by atoms with Crippen LogP contribution in [0.25, 0.3) is 0 Å². The highest BCUT2D eigenvalue weighted by Crippen LogP contribution is 2.43. The van der Waals surface area contributed by atoms with E-state index in [1.165, 1.54) is 7.11 Å². The van der Waals surface area contributed by atoms with Gasteiger partial charge < -0.3 is 38.6 Å². The molecule has 2 aliphatic heterocycles. The molecule has 0 radical (unpaired) electrons. The fraction of sp³-hybridized carbons (Fsp3) is 0.462. The van der Waals surface area contributed by atoms with E-state index in [2.05, 4.69) is 5.32 Å². The number of methoxy groups -OCH3 is 4. The van der Waals surface area contributed by atoms with Crippen molar-refractivity contribution in [3.63, 3.8) is 0 Å². The van der Waals surface area contributed by atoms with Crippen LogP contribution in [-0.2, 0) is 9.53 Å². The van der Waals surface area contributed by atoms with Crippen molar-refractivity contribution in [1.29, 1.82) is 0 Å². The maximum Gasteiger partial charge on any atom is 0.254 e. The van der Waals surface area contributed by atoms with Gasteiger partial charge in [0.25, 0.3) is 5.91 Å². The summed E-state index contributed by atoms with van der Waals surface area (Å²) in [4.78, 5) is 28.4. The van der Waals surface area contributed by atoms with Crippen LogP contribution in [0.15, 0.2) is 30.3 Å². The minimum atomic E-state index is -0.465. The zero-order valence-electron chi connectivity index (χ0n) is 21.0. The Hall–Kier alpha value is -3.66. The molecule has 0 bridgehead atoms. The number of benzene rings is 2. The fourth-order valence-corrected chi connectivity index (χ4v) is 4.66. The Bertz CT molecular complexity index is 1080. The zero-order chi connectivity index (χ0) is 25.7. The van der Waals surface area contributed by atoms with Crippen molar-refractivity contribution in [2.75, 3.05) is 61.5 Å². The molecule has 10 heteroatoms. The number of likely N-dealkylation sites (tertiary alicyclic amines) is 1. The summed E-state index contributed by atoms with van der Waals surface area (Å²) >= 11 is 0. The molecule has 2 heterocycles. The highest BCUT2D eigenvalue weighted by molar-refractivity contribution is 5.96. The number of hydrogen-bond acceptors (Lipinski definition) is 8. The molecule has 36 heavy (non-hydrogen) atoms. The van der Waals surface area contributed by atoms with E-state index in [0.717, 1.165) is 5.56 Å². The van der Waals surface area contributed by atoms with Gasteiger partial charge in [-0.1, -0.05) is 0 Å². The average molecular weight is 501 g/mol. The van der Waals surface area contributed by atoms with Crippen LogP contribution >= 0.6 is 0 Å². The van der Waals surface area contributed by atoms with Crippen LogP contribution in [0.2, 0.25) is 0 Å². The number of amides is 2. The average Bonchev–Trinajstić information content (AvgIpc) is 3.57. The molecule has 1 fully saturated rings. The van der Waals surface area contributed by atoms with Gasteiger partial charge in [0.2, 0.25) is 18.4 Å². The van der Waals surface area contributed by atoms with Crippen molar-refractivity contribution in [1.82, 2.24) is 10.2 Å². The lowest BCUT2D eigenvalue weighted by Crippen LogP contribution is -2.36. The summed E-state index contributed by atoms with van der Waals surface area (Å²) in [7, 11) is 6.26. The van der Waals surface area contributed by atoms with Crippen LogP contribution in [0.1, 0.15) is 28.3 Å². The monoisotopic (exact) mass is 500 g/mol. The molecule has 2 aliphatic rings. The Kier molecular flexibility index (Phi) is 8.04. The third-order valence-corrected chi connectivity index (χ3v) is 6.50. The van der Waals surface area contributed by atoms with E-state index in [0.29, 0.717) is 60.4 Å². The fourth-order valence-electron chi connectivity index (χ4n) is 4.66. The minimum Gasteiger partial charge on any atom is -0.493 e. The topological polar surface area (TPSA) is 105 Å². The number of fused-ring (bicyclic) bond motifs is 1. The van der Waals surface area contributed by atoms with Gasteiger partial charge in [-0.2, -0.15) is 0 Å². The summed E-state index contributed by atoms with van der Waals surface area (Å²) in [5, 5.41) is 2.99. The second-order valence-corrected chi connectivity index (χ2v) is 8.59. The SMILES string of the molecule is COCCCNC(=O)C1CN(C(=O)c2ccc3c(c2)OCO3)CC1c1cc(OC)c(OC)c(OC)c1. The molecular formula is C26H32N2O8. The Morgan fingerprint density at radius 2 is 1.69 bits per heavy atom. The van der Waals surface area contributed by atoms with Gasteiger partial charge in [0, 0.05) is 44.8 Å². The molecule has 194 valence electrons. The van der Waals surface area contributed by atoms with Crippen LogP contribution < -0.4 is 29.0 Å². The van der Waals surface area contributed by atoms with Gasteiger partial charge in [0.05, 0.1) is 27.2 Å². The molecule has 2 atom stereocenters. The first-order valence-corrected chi connectivity index (χ1v) is 11.8. The maximum atomic E-state index is 13.4. The summed E-state index contributed by atoms with van der Waals surface area (Å²) in [5.41, 5.74) is 1.30. The van der Waals surface area contributed by atoms with E-state index < -0.39 is 5.92 Å². The number of nitrogens with zero attached hydrogens (tertiary/aromatic N) is 1. The van der Waals surface area contributed by atoms with E-state index in [4.69, 9.17) is 28.4 Å². The lowest BCUT2D eigenvalue weighted by Gasteiger charge is -2.21. The molecule has 1 saturated heterocycles. The van der Waals surface area contributed by atoms with Crippen molar-refractivity contribution in [2.24, 2.45) is 5.92 Å². The summed E-state index contributed by atoms with van der Waals surface area (Å²) in [5.74, 6) is 1.55. The standard InChI is InChI=1S/C26H32N2O8/c1-31-9-5-8-27-25(29)19-14-28(26(30)16-6-7-20-21(10-16)36-15-35-20)13-18(19)17-11-22(32-2)24(34-4)23(12-17)33-3/h6-7,10-12,18-19H,5,8-9,13-15H2,1-4H3,(H,27,29). The summed E-state index contributed by atoms with van der Waals surface area (Å²) in [6.07, 6.45) is 0.698. The van der Waals surface area contributed by atoms with Gasteiger partial charge in [0.15, 0.2) is 23.0 Å². The van der Waals surface area contributed by atoms with E-state index in [9.17, 15) is 9.59 Å². The van der Waals surface area contributed by atoms with Gasteiger partial charge in [-0.15, -0.1) is 0 Å². The lowest BCUT2D eigenvalue weighted by atomic mass is 9.88. The van der Waals surface area contributed by atoms with Crippen LogP contribution in [0.3, 0.4) is 0 Å². The minimum absolute atomic E-state index is 0.120. The predicted octanol–water partition coefficient (Wildman–Crippen LogP) is 2.45. The molecule has 0 aromatic heterocycles. The van der Waals surface area contributed by atoms with Gasteiger partial charge in [-0.25, -0.2) is 0 Å². The molecule has 0 saturated carbocycles. The summed E-state index contributed by atoms with van der Waals surface area (Å²) < 4.78 is 32.4. The predicted molar refractivity (Wildman–Crippen MR) is 130 cm³/mol. The van der Waals surface area contributed by atoms with Crippen molar-refractivity contribution in [3.05, 3.63) is 41.5 Å². The molecule has 4 rings (SSSR count). The largest absolute Gasteiger partial charge is 0.493 e. The number of carbonyl (C=O) groups excluding carboxylic acids is 2. The summed E-state index contributed by atoms with van der Waals surface area (Å²) in [6.45, 7) is 1.79. The lowest BCUT2D eigenvalue weighted by molar-refractivity contribution is -0.125. The first-order chi connectivity index (χ1) is 17.5. The van der Waals surface area contributed by atoms with Crippen LogP contribution in [0.4, 0.5) is 0 Å². The van der Waals surface area contributed by atoms with Crippen molar-refractivity contribution in [2.45, 2.75) is 12.3 Å². The van der Waals surface area contributed by atoms with Gasteiger partial charge in [0.1, 0.15) is 0 Å². The quantitative estimate of drug-likeness (QED) is 0.496. The second kappa shape index (κ2) is 11.4. The van der Waals surface area contributed by atoms with E-state index in [1.807, 2.05) is 12.1 Å². The van der Waals surface area contributed by atoms with Crippen molar-refractivity contribution < 1.29 is 38.0 Å². The van der Waals surface area contributed by atoms with Crippen LogP contribution in [0.5, 0.6) is 28.7 Å². The zero-order valence-corrected chi connectivity index (χ0v) is 21.0. The van der Waals surface area contributed by atoms with Crippen molar-refractivity contribution in [3.8, 4) is 28.7 Å². The van der Waals surface area contributed by atoms with E-state index in [1.54, 1.807) is 44.4 Å².